The summed E-state index contributed by atoms with van der Waals surface area (Å²) in [6, 6.07) is 5.17. The van der Waals surface area contributed by atoms with Crippen molar-refractivity contribution in [2.45, 2.75) is 13.1 Å². The predicted octanol–water partition coefficient (Wildman–Crippen LogP) is 1.90. The molecule has 1 amide bonds. The zero-order valence-corrected chi connectivity index (χ0v) is 11.8. The molecule has 1 fully saturated rings. The minimum Gasteiger partial charge on any atom is -0.398 e. The van der Waals surface area contributed by atoms with Gasteiger partial charge in [-0.1, -0.05) is 6.07 Å². The lowest BCUT2D eigenvalue weighted by molar-refractivity contribution is -0.148. The van der Waals surface area contributed by atoms with Gasteiger partial charge in [0.1, 0.15) is 0 Å². The van der Waals surface area contributed by atoms with Crippen LogP contribution in [0.25, 0.3) is 0 Å². The molecule has 2 N–H and O–H groups in total. The molecular weight excluding hydrogens is 283 g/mol. The van der Waals surface area contributed by atoms with E-state index in [0.29, 0.717) is 11.3 Å². The van der Waals surface area contributed by atoms with E-state index in [9.17, 15) is 18.0 Å². The SMILES string of the molecule is Cc1ccc(C(=O)N2CCN(CC(F)(F)F)CC2)c(N)c1. The monoisotopic (exact) mass is 301 g/mol. The zero-order valence-electron chi connectivity index (χ0n) is 11.8. The molecule has 0 radical (unpaired) electrons. The van der Waals surface area contributed by atoms with Crippen LogP contribution >= 0.6 is 0 Å². The molecule has 1 aromatic rings. The van der Waals surface area contributed by atoms with Gasteiger partial charge in [-0.2, -0.15) is 13.2 Å². The number of aryl methyl sites for hydroxylation is 1. The van der Waals surface area contributed by atoms with E-state index in [0.717, 1.165) is 5.56 Å². The largest absolute Gasteiger partial charge is 0.401 e. The highest BCUT2D eigenvalue weighted by Crippen LogP contribution is 2.20. The van der Waals surface area contributed by atoms with E-state index in [1.54, 1.807) is 23.1 Å². The lowest BCUT2D eigenvalue weighted by Crippen LogP contribution is -2.51. The number of nitrogens with zero attached hydrogens (tertiary/aromatic N) is 2. The standard InChI is InChI=1S/C14H18F3N3O/c1-10-2-3-11(12(18)8-10)13(21)20-6-4-19(5-7-20)9-14(15,16)17/h2-3,8H,4-7,9,18H2,1H3. The second-order valence-corrected chi connectivity index (χ2v) is 5.27. The Kier molecular flexibility index (Phi) is 4.41. The van der Waals surface area contributed by atoms with Crippen LogP contribution in [0.3, 0.4) is 0 Å². The number of benzene rings is 1. The van der Waals surface area contributed by atoms with Crippen molar-refractivity contribution in [3.8, 4) is 0 Å². The van der Waals surface area contributed by atoms with Crippen LogP contribution in [0.4, 0.5) is 18.9 Å². The Hall–Kier alpha value is -1.76. The highest BCUT2D eigenvalue weighted by molar-refractivity contribution is 5.99. The number of carbonyl (C=O) groups excluding carboxylic acids is 1. The Balaban J connectivity index is 1.97. The predicted molar refractivity (Wildman–Crippen MR) is 74.0 cm³/mol. The molecule has 1 aromatic carbocycles. The molecule has 7 heteroatoms. The van der Waals surface area contributed by atoms with Gasteiger partial charge in [-0.05, 0) is 24.6 Å². The maximum atomic E-state index is 12.3. The van der Waals surface area contributed by atoms with Crippen molar-refractivity contribution < 1.29 is 18.0 Å². The first-order chi connectivity index (χ1) is 9.76. The van der Waals surface area contributed by atoms with Crippen LogP contribution < -0.4 is 5.73 Å². The van der Waals surface area contributed by atoms with Crippen LogP contribution in [0.2, 0.25) is 0 Å². The second-order valence-electron chi connectivity index (χ2n) is 5.27. The van der Waals surface area contributed by atoms with Gasteiger partial charge in [0.05, 0.1) is 12.1 Å². The van der Waals surface area contributed by atoms with E-state index in [1.807, 2.05) is 6.92 Å². The molecule has 4 nitrogen and oxygen atoms in total. The Morgan fingerprint density at radius 2 is 1.86 bits per heavy atom. The van der Waals surface area contributed by atoms with Gasteiger partial charge in [0.15, 0.2) is 0 Å². The number of piperazine rings is 1. The molecule has 21 heavy (non-hydrogen) atoms. The van der Waals surface area contributed by atoms with Crippen molar-refractivity contribution in [2.75, 3.05) is 38.5 Å². The number of nitrogens with two attached hydrogens (primary N) is 1. The van der Waals surface area contributed by atoms with Gasteiger partial charge < -0.3 is 10.6 Å². The molecule has 1 saturated heterocycles. The number of hydrogen-bond donors (Lipinski definition) is 1. The Morgan fingerprint density at radius 1 is 1.24 bits per heavy atom. The summed E-state index contributed by atoms with van der Waals surface area (Å²) >= 11 is 0. The Morgan fingerprint density at radius 3 is 2.38 bits per heavy atom. The van der Waals surface area contributed by atoms with Gasteiger partial charge >= 0.3 is 6.18 Å². The Labute approximate surface area is 121 Å². The van der Waals surface area contributed by atoms with E-state index in [2.05, 4.69) is 0 Å². The maximum Gasteiger partial charge on any atom is 0.401 e. The molecule has 1 aliphatic rings. The summed E-state index contributed by atoms with van der Waals surface area (Å²) in [4.78, 5) is 15.2. The van der Waals surface area contributed by atoms with E-state index >= 15 is 0 Å². The minimum atomic E-state index is -4.20. The minimum absolute atomic E-state index is 0.219. The van der Waals surface area contributed by atoms with Crippen LogP contribution in [0.15, 0.2) is 18.2 Å². The summed E-state index contributed by atoms with van der Waals surface area (Å²) in [7, 11) is 0. The third-order valence-corrected chi connectivity index (χ3v) is 3.50. The van der Waals surface area contributed by atoms with E-state index in [4.69, 9.17) is 5.73 Å². The molecule has 0 bridgehead atoms. The summed E-state index contributed by atoms with van der Waals surface area (Å²) in [5.74, 6) is -0.223. The average Bonchev–Trinajstić information content (AvgIpc) is 2.37. The van der Waals surface area contributed by atoms with Crippen LogP contribution in [0, 0.1) is 6.92 Å². The van der Waals surface area contributed by atoms with Gasteiger partial charge in [-0.3, -0.25) is 9.69 Å². The quantitative estimate of drug-likeness (QED) is 0.849. The molecule has 2 rings (SSSR count). The fourth-order valence-corrected chi connectivity index (χ4v) is 2.41. The molecule has 0 aromatic heterocycles. The number of hydrogen-bond acceptors (Lipinski definition) is 3. The molecule has 116 valence electrons. The summed E-state index contributed by atoms with van der Waals surface area (Å²) in [6.45, 7) is 1.95. The number of rotatable bonds is 2. The number of nitrogen functional groups attached to an aromatic ring is 1. The third kappa shape index (κ3) is 4.10. The van der Waals surface area contributed by atoms with Crippen molar-refractivity contribution >= 4 is 11.6 Å². The number of anilines is 1. The molecule has 0 saturated carbocycles. The molecule has 0 spiro atoms. The molecule has 0 aliphatic carbocycles. The third-order valence-electron chi connectivity index (χ3n) is 3.50. The summed E-state index contributed by atoms with van der Waals surface area (Å²) in [5, 5.41) is 0. The molecule has 0 atom stereocenters. The normalized spacial score (nSPS) is 17.0. The first-order valence-corrected chi connectivity index (χ1v) is 6.71. The topological polar surface area (TPSA) is 49.6 Å². The van der Waals surface area contributed by atoms with Gasteiger partial charge in [-0.25, -0.2) is 0 Å². The highest BCUT2D eigenvalue weighted by Gasteiger charge is 2.33. The van der Waals surface area contributed by atoms with E-state index in [1.165, 1.54) is 4.90 Å². The number of carbonyl (C=O) groups is 1. The van der Waals surface area contributed by atoms with Crippen LogP contribution in [0.1, 0.15) is 15.9 Å². The molecule has 1 heterocycles. The van der Waals surface area contributed by atoms with E-state index < -0.39 is 12.7 Å². The summed E-state index contributed by atoms with van der Waals surface area (Å²) in [5.41, 5.74) is 7.60. The zero-order chi connectivity index (χ0) is 15.6. The summed E-state index contributed by atoms with van der Waals surface area (Å²) < 4.78 is 36.9. The average molecular weight is 301 g/mol. The lowest BCUT2D eigenvalue weighted by Gasteiger charge is -2.35. The molecular formula is C14H18F3N3O. The lowest BCUT2D eigenvalue weighted by atomic mass is 10.1. The summed E-state index contributed by atoms with van der Waals surface area (Å²) in [6.07, 6.45) is -4.20. The Bertz CT molecular complexity index is 523. The molecule has 1 aliphatic heterocycles. The fraction of sp³-hybridized carbons (Fsp3) is 0.500. The van der Waals surface area contributed by atoms with Gasteiger partial charge in [0.2, 0.25) is 0 Å². The van der Waals surface area contributed by atoms with Gasteiger partial charge in [-0.15, -0.1) is 0 Å². The van der Waals surface area contributed by atoms with Crippen molar-refractivity contribution in [3.63, 3.8) is 0 Å². The second kappa shape index (κ2) is 5.93. The van der Waals surface area contributed by atoms with Crippen molar-refractivity contribution in [1.82, 2.24) is 9.80 Å². The van der Waals surface area contributed by atoms with Gasteiger partial charge in [0.25, 0.3) is 5.91 Å². The van der Waals surface area contributed by atoms with Crippen LogP contribution in [-0.2, 0) is 0 Å². The van der Waals surface area contributed by atoms with Crippen molar-refractivity contribution in [1.29, 1.82) is 0 Å². The number of halogens is 3. The van der Waals surface area contributed by atoms with Gasteiger partial charge in [0, 0.05) is 31.9 Å². The van der Waals surface area contributed by atoms with Crippen molar-refractivity contribution in [2.24, 2.45) is 0 Å². The smallest absolute Gasteiger partial charge is 0.398 e. The first kappa shape index (κ1) is 15.6. The van der Waals surface area contributed by atoms with Crippen LogP contribution in [0.5, 0.6) is 0 Å². The highest BCUT2D eigenvalue weighted by atomic mass is 19.4. The fourth-order valence-electron chi connectivity index (χ4n) is 2.41. The maximum absolute atomic E-state index is 12.3. The van der Waals surface area contributed by atoms with Crippen molar-refractivity contribution in [3.05, 3.63) is 29.3 Å². The van der Waals surface area contributed by atoms with Crippen LogP contribution in [-0.4, -0.2) is 54.6 Å². The number of alkyl halides is 3. The first-order valence-electron chi connectivity index (χ1n) is 6.71. The number of amides is 1. The van der Waals surface area contributed by atoms with E-state index in [-0.39, 0.29) is 32.1 Å². The molecule has 0 unspecified atom stereocenters.